The highest BCUT2D eigenvalue weighted by Crippen LogP contribution is 2.13. The number of halogens is 1. The molecule has 0 rings (SSSR count). The van der Waals surface area contributed by atoms with Crippen molar-refractivity contribution >= 4 is 15.9 Å². The molecular weight excluding hydrogens is 480 g/mol. The summed E-state index contributed by atoms with van der Waals surface area (Å²) in [6.07, 6.45) is 25.3. The first kappa shape index (κ1) is 35.0. The molecule has 2 heteroatoms. The van der Waals surface area contributed by atoms with Crippen molar-refractivity contribution in [3.8, 4) is 0 Å². The molecule has 0 saturated carbocycles. The van der Waals surface area contributed by atoms with Crippen molar-refractivity contribution < 1.29 is 5.11 Å². The van der Waals surface area contributed by atoms with Crippen LogP contribution in [0.4, 0.5) is 0 Å². The number of hydrogen-bond donors (Lipinski definition) is 1. The maximum Gasteiger partial charge on any atom is 0.0639 e. The van der Waals surface area contributed by atoms with Crippen molar-refractivity contribution in [2.45, 2.75) is 120 Å². The third-order valence-electron chi connectivity index (χ3n) is 5.69. The molecule has 1 N–H and O–H groups in total. The zero-order chi connectivity index (χ0) is 26.2. The maximum absolute atomic E-state index is 8.86. The Labute approximate surface area is 222 Å². The fraction of sp³-hybridized carbons (Fsp3) is 0.625. The Morgan fingerprint density at radius 2 is 0.794 bits per heavy atom. The lowest BCUT2D eigenvalue weighted by atomic mass is 10.1. The quantitative estimate of drug-likeness (QED) is 0.154. The van der Waals surface area contributed by atoms with E-state index in [1.165, 1.54) is 60.0 Å². The first-order valence-corrected chi connectivity index (χ1v) is 14.4. The van der Waals surface area contributed by atoms with Gasteiger partial charge >= 0.3 is 0 Å². The lowest BCUT2D eigenvalue weighted by molar-refractivity contribution is 0.331. The van der Waals surface area contributed by atoms with Gasteiger partial charge in [0.15, 0.2) is 0 Å². The first-order valence-electron chi connectivity index (χ1n) is 13.3. The zero-order valence-electron chi connectivity index (χ0n) is 23.8. The van der Waals surface area contributed by atoms with Crippen LogP contribution < -0.4 is 0 Å². The molecule has 0 aromatic heterocycles. The summed E-state index contributed by atoms with van der Waals surface area (Å²) in [5.41, 5.74) is 8.49. The monoisotopic (exact) mass is 534 g/mol. The SMILES string of the molecule is CC/C=C(\C)CC/C=C(\C)CC/C=C(\C)CBr.CC/C=C(\C)CC/C=C(\C)CC/C=C(\C)CO. The van der Waals surface area contributed by atoms with Crippen LogP contribution in [0.15, 0.2) is 69.9 Å². The average Bonchev–Trinajstić information content (AvgIpc) is 2.79. The van der Waals surface area contributed by atoms with E-state index in [-0.39, 0.29) is 6.61 Å². The summed E-state index contributed by atoms with van der Waals surface area (Å²) in [6, 6.07) is 0. The van der Waals surface area contributed by atoms with E-state index in [4.69, 9.17) is 5.11 Å². The molecule has 0 atom stereocenters. The van der Waals surface area contributed by atoms with Crippen LogP contribution in [0, 0.1) is 0 Å². The summed E-state index contributed by atoms with van der Waals surface area (Å²) in [5.74, 6) is 0. The molecule has 0 spiro atoms. The third-order valence-corrected chi connectivity index (χ3v) is 6.58. The zero-order valence-corrected chi connectivity index (χ0v) is 25.4. The second-order valence-electron chi connectivity index (χ2n) is 9.57. The van der Waals surface area contributed by atoms with Gasteiger partial charge in [0, 0.05) is 5.33 Å². The van der Waals surface area contributed by atoms with Crippen molar-refractivity contribution in [3.63, 3.8) is 0 Å². The molecule has 0 heterocycles. The molecule has 1 nitrogen and oxygen atoms in total. The van der Waals surface area contributed by atoms with Gasteiger partial charge in [-0.15, -0.1) is 0 Å². The van der Waals surface area contributed by atoms with E-state index in [1.54, 1.807) is 0 Å². The minimum atomic E-state index is 0.184. The van der Waals surface area contributed by atoms with Crippen LogP contribution in [0.2, 0.25) is 0 Å². The van der Waals surface area contributed by atoms with Crippen molar-refractivity contribution in [2.75, 3.05) is 11.9 Å². The maximum atomic E-state index is 8.86. The molecule has 0 radical (unpaired) electrons. The van der Waals surface area contributed by atoms with Crippen LogP contribution in [0.1, 0.15) is 120 Å². The number of aliphatic hydroxyl groups excluding tert-OH is 1. The predicted molar refractivity (Wildman–Crippen MR) is 161 cm³/mol. The topological polar surface area (TPSA) is 20.2 Å². The Kier molecular flexibility index (Phi) is 25.8. The number of hydrogen-bond acceptors (Lipinski definition) is 1. The Bertz CT molecular complexity index is 626. The molecule has 0 aromatic rings. The summed E-state index contributed by atoms with van der Waals surface area (Å²) in [5, 5.41) is 9.86. The number of rotatable bonds is 16. The van der Waals surface area contributed by atoms with Gasteiger partial charge in [-0.2, -0.15) is 0 Å². The summed E-state index contributed by atoms with van der Waals surface area (Å²) in [7, 11) is 0. The highest BCUT2D eigenvalue weighted by atomic mass is 79.9. The van der Waals surface area contributed by atoms with Crippen molar-refractivity contribution in [1.82, 2.24) is 0 Å². The largest absolute Gasteiger partial charge is 0.392 e. The van der Waals surface area contributed by atoms with Crippen molar-refractivity contribution in [1.29, 1.82) is 0 Å². The van der Waals surface area contributed by atoms with Crippen LogP contribution in [0.3, 0.4) is 0 Å². The molecule has 34 heavy (non-hydrogen) atoms. The van der Waals surface area contributed by atoms with E-state index in [0.29, 0.717) is 0 Å². The Hall–Kier alpha value is -1.12. The summed E-state index contributed by atoms with van der Waals surface area (Å²) in [4.78, 5) is 0. The van der Waals surface area contributed by atoms with Crippen molar-refractivity contribution in [3.05, 3.63) is 69.9 Å². The van der Waals surface area contributed by atoms with Crippen LogP contribution >= 0.6 is 15.9 Å². The molecule has 0 unspecified atom stereocenters. The van der Waals surface area contributed by atoms with Crippen LogP contribution in [-0.2, 0) is 0 Å². The lowest BCUT2D eigenvalue weighted by Gasteiger charge is -2.01. The second-order valence-corrected chi connectivity index (χ2v) is 10.1. The summed E-state index contributed by atoms with van der Waals surface area (Å²) >= 11 is 3.47. The van der Waals surface area contributed by atoms with Gasteiger partial charge in [0.2, 0.25) is 0 Å². The molecule has 0 aliphatic rings. The molecule has 0 amide bonds. The predicted octanol–water partition coefficient (Wildman–Crippen LogP) is 11.0. The summed E-state index contributed by atoms with van der Waals surface area (Å²) in [6.45, 7) is 17.6. The van der Waals surface area contributed by atoms with E-state index >= 15 is 0 Å². The highest BCUT2D eigenvalue weighted by molar-refractivity contribution is 9.09. The minimum absolute atomic E-state index is 0.184. The van der Waals surface area contributed by atoms with Gasteiger partial charge in [0.25, 0.3) is 0 Å². The van der Waals surface area contributed by atoms with Crippen LogP contribution in [0.25, 0.3) is 0 Å². The Morgan fingerprint density at radius 3 is 1.09 bits per heavy atom. The number of allylic oxidation sites excluding steroid dienone is 11. The standard InChI is InChI=1S/C16H27Br.C16H28O/c2*1-5-8-14(2)9-6-10-15(3)11-7-12-16(4)13-17/h8,10,12H,5-7,9,11,13H2,1-4H3;8,10,12,17H,5-7,9,11,13H2,1-4H3/b2*14-8+,15-10+,16-12+. The van der Waals surface area contributed by atoms with Gasteiger partial charge in [-0.25, -0.2) is 0 Å². The molecule has 196 valence electrons. The molecule has 0 aliphatic carbocycles. The van der Waals surface area contributed by atoms with E-state index in [2.05, 4.69) is 101 Å². The van der Waals surface area contributed by atoms with E-state index < -0.39 is 0 Å². The summed E-state index contributed by atoms with van der Waals surface area (Å²) < 4.78 is 0. The van der Waals surface area contributed by atoms with Gasteiger partial charge < -0.3 is 5.11 Å². The van der Waals surface area contributed by atoms with Gasteiger partial charge in [-0.3, -0.25) is 0 Å². The van der Waals surface area contributed by atoms with E-state index in [9.17, 15) is 0 Å². The number of alkyl halides is 1. The fourth-order valence-corrected chi connectivity index (χ4v) is 3.64. The van der Waals surface area contributed by atoms with E-state index in [0.717, 1.165) is 43.0 Å². The Morgan fingerprint density at radius 1 is 0.500 bits per heavy atom. The minimum Gasteiger partial charge on any atom is -0.392 e. The van der Waals surface area contributed by atoms with Gasteiger partial charge in [0.05, 0.1) is 6.61 Å². The van der Waals surface area contributed by atoms with Crippen LogP contribution in [0.5, 0.6) is 0 Å². The van der Waals surface area contributed by atoms with Gasteiger partial charge in [-0.1, -0.05) is 99.7 Å². The smallest absolute Gasteiger partial charge is 0.0639 e. The van der Waals surface area contributed by atoms with Crippen LogP contribution in [-0.4, -0.2) is 17.0 Å². The molecular formula is C32H55BrO. The normalized spacial score (nSPS) is 14.3. The highest BCUT2D eigenvalue weighted by Gasteiger charge is 1.93. The molecule has 0 fully saturated rings. The molecule has 0 bridgehead atoms. The van der Waals surface area contributed by atoms with Gasteiger partial charge in [0.1, 0.15) is 0 Å². The lowest BCUT2D eigenvalue weighted by Crippen LogP contribution is -1.84. The first-order chi connectivity index (χ1) is 16.2. The Balaban J connectivity index is 0. The average molecular weight is 536 g/mol. The van der Waals surface area contributed by atoms with Gasteiger partial charge in [-0.05, 0) is 106 Å². The molecule has 0 saturated heterocycles. The number of aliphatic hydroxyl groups is 1. The molecule has 0 aliphatic heterocycles. The fourth-order valence-electron chi connectivity index (χ4n) is 3.41. The second kappa shape index (κ2) is 25.0. The van der Waals surface area contributed by atoms with E-state index in [1.807, 2.05) is 6.92 Å². The van der Waals surface area contributed by atoms with Crippen molar-refractivity contribution in [2.24, 2.45) is 0 Å². The molecule has 0 aromatic carbocycles. The third kappa shape index (κ3) is 25.5.